The third-order valence-electron chi connectivity index (χ3n) is 5.77. The number of amides is 2. The van der Waals surface area contributed by atoms with E-state index in [0.717, 1.165) is 40.2 Å². The van der Waals surface area contributed by atoms with Crippen LogP contribution in [0.5, 0.6) is 5.75 Å². The van der Waals surface area contributed by atoms with Crippen molar-refractivity contribution in [1.29, 1.82) is 0 Å². The fourth-order valence-corrected chi connectivity index (χ4v) is 5.37. The molecule has 2 aromatic rings. The zero-order chi connectivity index (χ0) is 21.8. The van der Waals surface area contributed by atoms with E-state index >= 15 is 0 Å². The Morgan fingerprint density at radius 3 is 2.71 bits per heavy atom. The molecule has 1 saturated carbocycles. The predicted molar refractivity (Wildman–Crippen MR) is 129 cm³/mol. The number of halogens is 1. The number of imide groups is 1. The highest BCUT2D eigenvalue weighted by molar-refractivity contribution is 9.10. The summed E-state index contributed by atoms with van der Waals surface area (Å²) in [6, 6.07) is 13.9. The van der Waals surface area contributed by atoms with Gasteiger partial charge in [-0.2, -0.15) is 0 Å². The highest BCUT2D eigenvalue weighted by Crippen LogP contribution is 2.36. The van der Waals surface area contributed by atoms with Gasteiger partial charge in [-0.15, -0.1) is 0 Å². The summed E-state index contributed by atoms with van der Waals surface area (Å²) in [4.78, 5) is 27.4. The highest BCUT2D eigenvalue weighted by Gasteiger charge is 2.36. The van der Waals surface area contributed by atoms with Gasteiger partial charge in [0.05, 0.1) is 4.91 Å². The molecule has 2 amide bonds. The lowest BCUT2D eigenvalue weighted by atomic mass is 9.89. The second-order valence-electron chi connectivity index (χ2n) is 8.26. The first-order chi connectivity index (χ1) is 15.0. The van der Waals surface area contributed by atoms with Gasteiger partial charge in [-0.1, -0.05) is 65.0 Å². The number of benzene rings is 2. The van der Waals surface area contributed by atoms with Crippen molar-refractivity contribution in [3.63, 3.8) is 0 Å². The van der Waals surface area contributed by atoms with Crippen LogP contribution in [0, 0.1) is 12.8 Å². The zero-order valence-corrected chi connectivity index (χ0v) is 20.0. The van der Waals surface area contributed by atoms with E-state index in [4.69, 9.17) is 4.74 Å². The van der Waals surface area contributed by atoms with E-state index in [1.807, 2.05) is 30.3 Å². The molecule has 2 aliphatic rings. The van der Waals surface area contributed by atoms with Crippen LogP contribution in [-0.2, 0) is 11.4 Å². The summed E-state index contributed by atoms with van der Waals surface area (Å²) < 4.78 is 6.96. The summed E-state index contributed by atoms with van der Waals surface area (Å²) in [6.45, 7) is 3.03. The average Bonchev–Trinajstić information content (AvgIpc) is 3.01. The molecule has 0 bridgehead atoms. The van der Waals surface area contributed by atoms with Crippen molar-refractivity contribution >= 4 is 44.9 Å². The number of thioether (sulfide) groups is 1. The molecule has 1 saturated heterocycles. The smallest absolute Gasteiger partial charge is 0.293 e. The molecule has 2 aromatic carbocycles. The molecule has 162 valence electrons. The van der Waals surface area contributed by atoms with E-state index in [2.05, 4.69) is 35.0 Å². The molecule has 1 aliphatic carbocycles. The van der Waals surface area contributed by atoms with Crippen LogP contribution in [0.1, 0.15) is 48.8 Å². The number of nitrogens with zero attached hydrogens (tertiary/aromatic N) is 1. The van der Waals surface area contributed by atoms with Gasteiger partial charge in [0.2, 0.25) is 0 Å². The topological polar surface area (TPSA) is 46.6 Å². The number of carbonyl (C=O) groups is 2. The van der Waals surface area contributed by atoms with Gasteiger partial charge in [0.25, 0.3) is 11.1 Å². The van der Waals surface area contributed by atoms with Gasteiger partial charge < -0.3 is 4.74 Å². The Kier molecular flexibility index (Phi) is 7.18. The monoisotopic (exact) mass is 499 g/mol. The molecule has 0 radical (unpaired) electrons. The van der Waals surface area contributed by atoms with Crippen molar-refractivity contribution in [3.05, 3.63) is 68.5 Å². The lowest BCUT2D eigenvalue weighted by Gasteiger charge is -2.25. The number of ether oxygens (including phenoxy) is 1. The van der Waals surface area contributed by atoms with E-state index in [0.29, 0.717) is 29.7 Å². The van der Waals surface area contributed by atoms with Gasteiger partial charge in [-0.3, -0.25) is 14.5 Å². The van der Waals surface area contributed by atoms with Crippen molar-refractivity contribution < 1.29 is 14.3 Å². The Morgan fingerprint density at radius 2 is 1.94 bits per heavy atom. The average molecular weight is 500 g/mol. The Balaban J connectivity index is 1.51. The van der Waals surface area contributed by atoms with E-state index in [-0.39, 0.29) is 11.1 Å². The largest absolute Gasteiger partial charge is 0.488 e. The molecule has 4 nitrogen and oxygen atoms in total. The minimum absolute atomic E-state index is 0.168. The number of rotatable bonds is 6. The van der Waals surface area contributed by atoms with Gasteiger partial charge in [0, 0.05) is 16.6 Å². The summed E-state index contributed by atoms with van der Waals surface area (Å²) >= 11 is 4.53. The summed E-state index contributed by atoms with van der Waals surface area (Å²) in [5, 5.41) is -0.168. The van der Waals surface area contributed by atoms with E-state index in [9.17, 15) is 9.59 Å². The van der Waals surface area contributed by atoms with Crippen molar-refractivity contribution in [3.8, 4) is 5.75 Å². The van der Waals surface area contributed by atoms with Crippen LogP contribution in [-0.4, -0.2) is 22.6 Å². The first kappa shape index (κ1) is 22.2. The molecule has 1 aliphatic heterocycles. The third kappa shape index (κ3) is 5.60. The molecule has 0 spiro atoms. The maximum absolute atomic E-state index is 13.0. The molecule has 0 unspecified atom stereocenters. The minimum atomic E-state index is -0.190. The Labute approximate surface area is 196 Å². The molecular weight excluding hydrogens is 474 g/mol. The SMILES string of the molecule is Cc1cccc(COc2ccc(Br)cc2/C=C2/SC(=O)N(CC3CCCCC3)C2=O)c1. The first-order valence-corrected chi connectivity index (χ1v) is 12.3. The molecule has 2 fully saturated rings. The summed E-state index contributed by atoms with van der Waals surface area (Å²) in [6.07, 6.45) is 7.62. The number of aryl methyl sites for hydroxylation is 1. The van der Waals surface area contributed by atoms with E-state index in [1.54, 1.807) is 6.08 Å². The molecule has 0 N–H and O–H groups in total. The predicted octanol–water partition coefficient (Wildman–Crippen LogP) is 6.95. The molecule has 31 heavy (non-hydrogen) atoms. The van der Waals surface area contributed by atoms with Crippen LogP contribution < -0.4 is 4.74 Å². The fraction of sp³-hybridized carbons (Fsp3) is 0.360. The van der Waals surface area contributed by atoms with Crippen LogP contribution in [0.2, 0.25) is 0 Å². The molecule has 6 heteroatoms. The van der Waals surface area contributed by atoms with Crippen LogP contribution in [0.3, 0.4) is 0 Å². The lowest BCUT2D eigenvalue weighted by molar-refractivity contribution is -0.123. The quantitative estimate of drug-likeness (QED) is 0.403. The number of hydrogen-bond donors (Lipinski definition) is 0. The van der Waals surface area contributed by atoms with Crippen LogP contribution in [0.25, 0.3) is 6.08 Å². The van der Waals surface area contributed by atoms with Crippen LogP contribution >= 0.6 is 27.7 Å². The second kappa shape index (κ2) is 10.0. The Hall–Kier alpha value is -2.05. The van der Waals surface area contributed by atoms with E-state index < -0.39 is 0 Å². The fourth-order valence-electron chi connectivity index (χ4n) is 4.15. The van der Waals surface area contributed by atoms with Gasteiger partial charge in [-0.05, 0) is 67.3 Å². The molecule has 4 rings (SSSR count). The third-order valence-corrected chi connectivity index (χ3v) is 7.18. The molecular formula is C25H26BrNO3S. The van der Waals surface area contributed by atoms with Gasteiger partial charge in [0.15, 0.2) is 0 Å². The minimum Gasteiger partial charge on any atom is -0.488 e. The summed E-state index contributed by atoms with van der Waals surface area (Å²) in [5.74, 6) is 0.926. The lowest BCUT2D eigenvalue weighted by Crippen LogP contribution is -2.34. The highest BCUT2D eigenvalue weighted by atomic mass is 79.9. The van der Waals surface area contributed by atoms with Gasteiger partial charge in [-0.25, -0.2) is 0 Å². The van der Waals surface area contributed by atoms with Crippen molar-refractivity contribution in [2.24, 2.45) is 5.92 Å². The van der Waals surface area contributed by atoms with Crippen LogP contribution in [0.15, 0.2) is 51.8 Å². The molecule has 0 atom stereocenters. The normalized spacial score (nSPS) is 18.8. The van der Waals surface area contributed by atoms with Gasteiger partial charge in [0.1, 0.15) is 12.4 Å². The van der Waals surface area contributed by atoms with Gasteiger partial charge >= 0.3 is 0 Å². The second-order valence-corrected chi connectivity index (χ2v) is 10.2. The summed E-state index contributed by atoms with van der Waals surface area (Å²) in [5.41, 5.74) is 3.05. The van der Waals surface area contributed by atoms with Crippen LogP contribution in [0.4, 0.5) is 4.79 Å². The molecule has 1 heterocycles. The van der Waals surface area contributed by atoms with Crippen molar-refractivity contribution in [2.45, 2.75) is 45.6 Å². The van der Waals surface area contributed by atoms with Crippen molar-refractivity contribution in [2.75, 3.05) is 6.54 Å². The van der Waals surface area contributed by atoms with E-state index in [1.165, 1.54) is 29.7 Å². The molecule has 0 aromatic heterocycles. The number of hydrogen-bond acceptors (Lipinski definition) is 4. The Bertz CT molecular complexity index is 1010. The van der Waals surface area contributed by atoms with Crippen molar-refractivity contribution in [1.82, 2.24) is 4.90 Å². The standard InChI is InChI=1S/C25H26BrNO3S/c1-17-6-5-9-19(12-17)16-30-22-11-10-21(26)13-20(22)14-23-24(28)27(25(29)31-23)15-18-7-3-2-4-8-18/h5-6,9-14,18H,2-4,7-8,15-16H2,1H3/b23-14+. The Morgan fingerprint density at radius 1 is 1.13 bits per heavy atom. The zero-order valence-electron chi connectivity index (χ0n) is 17.6. The first-order valence-electron chi connectivity index (χ1n) is 10.7. The maximum Gasteiger partial charge on any atom is 0.293 e. The maximum atomic E-state index is 13.0. The summed E-state index contributed by atoms with van der Waals surface area (Å²) in [7, 11) is 0. The number of carbonyl (C=O) groups excluding carboxylic acids is 2.